The van der Waals surface area contributed by atoms with Crippen molar-refractivity contribution in [2.75, 3.05) is 6.54 Å². The van der Waals surface area contributed by atoms with Crippen molar-refractivity contribution in [1.82, 2.24) is 4.31 Å². The minimum Gasteiger partial charge on any atom is -0.480 e. The molecule has 0 aromatic carbocycles. The molecule has 5 nitrogen and oxygen atoms in total. The quantitative estimate of drug-likeness (QED) is 0.924. The second-order valence-corrected chi connectivity index (χ2v) is 8.37. The summed E-state index contributed by atoms with van der Waals surface area (Å²) in [4.78, 5) is 11.5. The first-order valence-electron chi connectivity index (χ1n) is 5.89. The maximum atomic E-state index is 12.6. The predicted molar refractivity (Wildman–Crippen MR) is 70.9 cm³/mol. The first-order chi connectivity index (χ1) is 8.89. The number of fused-ring (bicyclic) bond motifs is 1. The largest absolute Gasteiger partial charge is 0.480 e. The van der Waals surface area contributed by atoms with E-state index in [4.69, 9.17) is 11.6 Å². The number of halogens is 1. The van der Waals surface area contributed by atoms with Crippen LogP contribution in [0.3, 0.4) is 0 Å². The molecule has 0 bridgehead atoms. The fourth-order valence-electron chi connectivity index (χ4n) is 2.89. The SMILES string of the molecule is O=C(O)[C@]12C[C@H]1CCCN2S(=O)(=O)c1cc(Cl)cs1. The molecule has 1 aromatic rings. The van der Waals surface area contributed by atoms with Crippen LogP contribution in [-0.2, 0) is 14.8 Å². The molecule has 0 radical (unpaired) electrons. The molecule has 0 amide bonds. The van der Waals surface area contributed by atoms with Gasteiger partial charge in [0.25, 0.3) is 10.0 Å². The second kappa shape index (κ2) is 4.18. The maximum Gasteiger partial charge on any atom is 0.325 e. The standard InChI is InChI=1S/C11H12ClNO4S2/c12-8-4-9(18-6-8)19(16,17)13-3-1-2-7-5-11(7,13)10(14)15/h4,6-7H,1-3,5H2,(H,14,15)/t7-,11+/m1/s1. The summed E-state index contributed by atoms with van der Waals surface area (Å²) >= 11 is 6.79. The third-order valence-electron chi connectivity index (χ3n) is 3.89. The van der Waals surface area contributed by atoms with Gasteiger partial charge in [-0.1, -0.05) is 11.6 Å². The highest BCUT2D eigenvalue weighted by Gasteiger charge is 2.68. The molecule has 2 atom stereocenters. The molecule has 3 rings (SSSR count). The van der Waals surface area contributed by atoms with Gasteiger partial charge in [-0.25, -0.2) is 8.42 Å². The summed E-state index contributed by atoms with van der Waals surface area (Å²) in [6.07, 6.45) is 1.90. The van der Waals surface area contributed by atoms with Crippen LogP contribution in [0.5, 0.6) is 0 Å². The van der Waals surface area contributed by atoms with Gasteiger partial charge < -0.3 is 5.11 Å². The van der Waals surface area contributed by atoms with Crippen LogP contribution < -0.4 is 0 Å². The van der Waals surface area contributed by atoms with E-state index in [2.05, 4.69) is 0 Å². The van der Waals surface area contributed by atoms with E-state index in [0.29, 0.717) is 17.9 Å². The number of carboxylic acid groups (broad SMARTS) is 1. The number of hydrogen-bond donors (Lipinski definition) is 1. The van der Waals surface area contributed by atoms with Gasteiger partial charge in [-0.3, -0.25) is 4.79 Å². The lowest BCUT2D eigenvalue weighted by Crippen LogP contribution is -2.50. The van der Waals surface area contributed by atoms with Gasteiger partial charge in [0.15, 0.2) is 0 Å². The van der Waals surface area contributed by atoms with Gasteiger partial charge in [-0.05, 0) is 31.2 Å². The van der Waals surface area contributed by atoms with Crippen molar-refractivity contribution in [3.8, 4) is 0 Å². The number of carbonyl (C=O) groups is 1. The highest BCUT2D eigenvalue weighted by molar-refractivity contribution is 7.91. The molecule has 1 N–H and O–H groups in total. The summed E-state index contributed by atoms with van der Waals surface area (Å²) in [5.74, 6) is -1.09. The molecule has 19 heavy (non-hydrogen) atoms. The van der Waals surface area contributed by atoms with Crippen molar-refractivity contribution < 1.29 is 18.3 Å². The van der Waals surface area contributed by atoms with E-state index >= 15 is 0 Å². The number of rotatable bonds is 3. The monoisotopic (exact) mass is 321 g/mol. The van der Waals surface area contributed by atoms with Crippen molar-refractivity contribution in [3.63, 3.8) is 0 Å². The highest BCUT2D eigenvalue weighted by Crippen LogP contribution is 2.56. The smallest absolute Gasteiger partial charge is 0.325 e. The van der Waals surface area contributed by atoms with Gasteiger partial charge in [-0.15, -0.1) is 11.3 Å². The van der Waals surface area contributed by atoms with E-state index in [1.54, 1.807) is 0 Å². The fourth-order valence-corrected chi connectivity index (χ4v) is 6.24. The van der Waals surface area contributed by atoms with E-state index in [1.165, 1.54) is 15.8 Å². The van der Waals surface area contributed by atoms with Gasteiger partial charge >= 0.3 is 5.97 Å². The summed E-state index contributed by atoms with van der Waals surface area (Å²) in [6, 6.07) is 1.38. The van der Waals surface area contributed by atoms with E-state index < -0.39 is 21.5 Å². The normalized spacial score (nSPS) is 30.9. The van der Waals surface area contributed by atoms with Crippen LogP contribution in [-0.4, -0.2) is 35.9 Å². The lowest BCUT2D eigenvalue weighted by Gasteiger charge is -2.31. The molecule has 2 aliphatic rings. The lowest BCUT2D eigenvalue weighted by atomic mass is 10.1. The van der Waals surface area contributed by atoms with E-state index in [1.807, 2.05) is 0 Å². The molecular weight excluding hydrogens is 310 g/mol. The van der Waals surface area contributed by atoms with Crippen molar-refractivity contribution in [2.45, 2.75) is 29.0 Å². The highest BCUT2D eigenvalue weighted by atomic mass is 35.5. The minimum atomic E-state index is -3.77. The van der Waals surface area contributed by atoms with Crippen LogP contribution >= 0.6 is 22.9 Å². The summed E-state index contributed by atoms with van der Waals surface area (Å²) in [5, 5.41) is 11.3. The van der Waals surface area contributed by atoms with Crippen LogP contribution in [0.25, 0.3) is 0 Å². The summed E-state index contributed by atoms with van der Waals surface area (Å²) in [7, 11) is -3.77. The average Bonchev–Trinajstić information content (AvgIpc) is 2.96. The average molecular weight is 322 g/mol. The molecule has 8 heteroatoms. The topological polar surface area (TPSA) is 74.7 Å². The number of thiophene rings is 1. The zero-order chi connectivity index (χ0) is 13.8. The Morgan fingerprint density at radius 2 is 2.32 bits per heavy atom. The minimum absolute atomic E-state index is 0.0519. The Morgan fingerprint density at radius 3 is 2.89 bits per heavy atom. The Bertz CT molecular complexity index is 641. The third kappa shape index (κ3) is 1.83. The Labute approximate surface area is 119 Å². The van der Waals surface area contributed by atoms with Crippen molar-refractivity contribution in [1.29, 1.82) is 0 Å². The van der Waals surface area contributed by atoms with Crippen LogP contribution in [0.1, 0.15) is 19.3 Å². The summed E-state index contributed by atoms with van der Waals surface area (Å²) in [6.45, 7) is 0.265. The molecule has 2 heterocycles. The van der Waals surface area contributed by atoms with Crippen LogP contribution in [0.15, 0.2) is 15.7 Å². The number of nitrogens with zero attached hydrogens (tertiary/aromatic N) is 1. The molecule has 104 valence electrons. The molecule has 2 fully saturated rings. The fraction of sp³-hybridized carbons (Fsp3) is 0.545. The molecule has 1 saturated heterocycles. The Morgan fingerprint density at radius 1 is 1.58 bits per heavy atom. The number of piperidine rings is 1. The molecule has 1 aliphatic heterocycles. The molecule has 1 aromatic heterocycles. The predicted octanol–water partition coefficient (Wildman–Crippen LogP) is 2.03. The van der Waals surface area contributed by atoms with Crippen LogP contribution in [0.4, 0.5) is 0 Å². The van der Waals surface area contributed by atoms with Crippen molar-refractivity contribution in [3.05, 3.63) is 16.5 Å². The Kier molecular flexibility index (Phi) is 2.94. The zero-order valence-corrected chi connectivity index (χ0v) is 12.3. The van der Waals surface area contributed by atoms with E-state index in [9.17, 15) is 18.3 Å². The number of hydrogen-bond acceptors (Lipinski definition) is 4. The van der Waals surface area contributed by atoms with Gasteiger partial charge in [0, 0.05) is 11.9 Å². The maximum absolute atomic E-state index is 12.6. The molecule has 1 aliphatic carbocycles. The third-order valence-corrected chi connectivity index (χ3v) is 7.59. The first kappa shape index (κ1) is 13.4. The van der Waals surface area contributed by atoms with Crippen molar-refractivity contribution in [2.24, 2.45) is 5.92 Å². The Hall–Kier alpha value is -0.630. The van der Waals surface area contributed by atoms with E-state index in [0.717, 1.165) is 17.8 Å². The Balaban J connectivity index is 2.03. The van der Waals surface area contributed by atoms with Crippen LogP contribution in [0.2, 0.25) is 5.02 Å². The number of sulfonamides is 1. The first-order valence-corrected chi connectivity index (χ1v) is 8.59. The van der Waals surface area contributed by atoms with Gasteiger partial charge in [0.1, 0.15) is 9.75 Å². The zero-order valence-electron chi connectivity index (χ0n) is 9.87. The number of carboxylic acids is 1. The lowest BCUT2D eigenvalue weighted by molar-refractivity contribution is -0.144. The van der Waals surface area contributed by atoms with Gasteiger partial charge in [0.2, 0.25) is 0 Å². The second-order valence-electron chi connectivity index (χ2n) is 4.93. The molecular formula is C11H12ClNO4S2. The van der Waals surface area contributed by atoms with E-state index in [-0.39, 0.29) is 16.7 Å². The van der Waals surface area contributed by atoms with Crippen molar-refractivity contribution >= 4 is 38.9 Å². The number of aliphatic carboxylic acids is 1. The summed E-state index contributed by atoms with van der Waals surface area (Å²) < 4.78 is 26.4. The molecule has 1 saturated carbocycles. The summed E-state index contributed by atoms with van der Waals surface area (Å²) in [5.41, 5.74) is -1.21. The van der Waals surface area contributed by atoms with Gasteiger partial charge in [0.05, 0.1) is 5.02 Å². The molecule has 0 spiro atoms. The van der Waals surface area contributed by atoms with Gasteiger partial charge in [-0.2, -0.15) is 4.31 Å². The van der Waals surface area contributed by atoms with Crippen LogP contribution in [0, 0.1) is 5.92 Å². The molecule has 0 unspecified atom stereocenters.